The van der Waals surface area contributed by atoms with E-state index in [2.05, 4.69) is 54.1 Å². The van der Waals surface area contributed by atoms with Crippen LogP contribution in [-0.4, -0.2) is 28.6 Å². The van der Waals surface area contributed by atoms with Crippen molar-refractivity contribution in [1.29, 1.82) is 0 Å². The molecule has 3 aromatic carbocycles. The quantitative estimate of drug-likeness (QED) is 0.308. The predicted octanol–water partition coefficient (Wildman–Crippen LogP) is 5.41. The zero-order chi connectivity index (χ0) is 23.8. The maximum absolute atomic E-state index is 12.3. The van der Waals surface area contributed by atoms with Crippen molar-refractivity contribution in [2.45, 2.75) is 46.1 Å². The van der Waals surface area contributed by atoms with Gasteiger partial charge in [-0.1, -0.05) is 60.7 Å². The molecular formula is C29H33N3O2. The first kappa shape index (κ1) is 23.6. The van der Waals surface area contributed by atoms with E-state index >= 15 is 0 Å². The highest BCUT2D eigenvalue weighted by atomic mass is 16.5. The van der Waals surface area contributed by atoms with Crippen LogP contribution in [0.1, 0.15) is 35.4 Å². The standard InChI is InChI=1S/C29H33N3O2/c1-22-11-10-12-23(2)29(22)34-20-9-8-19-32-26-16-7-6-15-25(26)31-27(32)17-18-30-28(33)21-24-13-4-3-5-14-24/h3-7,10-16H,8-9,17-21H2,1-2H3,(H,30,33). The minimum absolute atomic E-state index is 0.0394. The first-order valence-corrected chi connectivity index (χ1v) is 12.1. The molecule has 1 amide bonds. The van der Waals surface area contributed by atoms with E-state index in [1.54, 1.807) is 0 Å². The van der Waals surface area contributed by atoms with Crippen LogP contribution in [0.25, 0.3) is 11.0 Å². The highest BCUT2D eigenvalue weighted by Gasteiger charge is 2.11. The molecule has 4 rings (SSSR count). The van der Waals surface area contributed by atoms with Gasteiger partial charge in [-0.15, -0.1) is 0 Å². The summed E-state index contributed by atoms with van der Waals surface area (Å²) in [6, 6.07) is 24.3. The van der Waals surface area contributed by atoms with Crippen molar-refractivity contribution in [2.75, 3.05) is 13.2 Å². The van der Waals surface area contributed by atoms with Crippen LogP contribution in [0, 0.1) is 13.8 Å². The number of benzene rings is 3. The number of ether oxygens (including phenoxy) is 1. The molecule has 0 saturated carbocycles. The highest BCUT2D eigenvalue weighted by Crippen LogP contribution is 2.23. The van der Waals surface area contributed by atoms with Crippen molar-refractivity contribution in [3.8, 4) is 5.75 Å². The Morgan fingerprint density at radius 3 is 2.44 bits per heavy atom. The molecule has 1 heterocycles. The number of carbonyl (C=O) groups is 1. The number of hydrogen-bond acceptors (Lipinski definition) is 3. The van der Waals surface area contributed by atoms with Gasteiger partial charge in [0, 0.05) is 19.5 Å². The molecule has 0 saturated heterocycles. The van der Waals surface area contributed by atoms with E-state index < -0.39 is 0 Å². The Labute approximate surface area is 201 Å². The van der Waals surface area contributed by atoms with Crippen molar-refractivity contribution >= 4 is 16.9 Å². The lowest BCUT2D eigenvalue weighted by molar-refractivity contribution is -0.120. The van der Waals surface area contributed by atoms with Crippen LogP contribution in [0.15, 0.2) is 72.8 Å². The lowest BCUT2D eigenvalue weighted by atomic mass is 10.1. The highest BCUT2D eigenvalue weighted by molar-refractivity contribution is 5.78. The van der Waals surface area contributed by atoms with Gasteiger partial charge in [0.25, 0.3) is 0 Å². The monoisotopic (exact) mass is 455 g/mol. The molecule has 5 heteroatoms. The average molecular weight is 456 g/mol. The molecule has 34 heavy (non-hydrogen) atoms. The van der Waals surface area contributed by atoms with E-state index in [-0.39, 0.29) is 5.91 Å². The zero-order valence-electron chi connectivity index (χ0n) is 20.1. The number of aryl methyl sites for hydroxylation is 3. The van der Waals surface area contributed by atoms with Crippen molar-refractivity contribution in [3.63, 3.8) is 0 Å². The van der Waals surface area contributed by atoms with Crippen molar-refractivity contribution in [3.05, 3.63) is 95.3 Å². The maximum atomic E-state index is 12.3. The van der Waals surface area contributed by atoms with E-state index in [4.69, 9.17) is 9.72 Å². The summed E-state index contributed by atoms with van der Waals surface area (Å²) in [5, 5.41) is 3.04. The number of rotatable bonds is 11. The average Bonchev–Trinajstić information content (AvgIpc) is 3.18. The fourth-order valence-electron chi connectivity index (χ4n) is 4.30. The second-order valence-electron chi connectivity index (χ2n) is 8.71. The van der Waals surface area contributed by atoms with Crippen molar-refractivity contribution in [2.24, 2.45) is 0 Å². The van der Waals surface area contributed by atoms with Gasteiger partial charge in [0.05, 0.1) is 24.1 Å². The molecule has 0 atom stereocenters. The molecule has 0 aliphatic carbocycles. The Kier molecular flexibility index (Phi) is 7.97. The van der Waals surface area contributed by atoms with Gasteiger partial charge < -0.3 is 14.6 Å². The molecule has 0 aliphatic heterocycles. The molecule has 0 aliphatic rings. The van der Waals surface area contributed by atoms with Gasteiger partial charge in [-0.05, 0) is 55.5 Å². The summed E-state index contributed by atoms with van der Waals surface area (Å²) in [6.45, 7) is 6.33. The third-order valence-corrected chi connectivity index (χ3v) is 6.04. The lowest BCUT2D eigenvalue weighted by Crippen LogP contribution is -2.28. The predicted molar refractivity (Wildman–Crippen MR) is 137 cm³/mol. The van der Waals surface area contributed by atoms with Gasteiger partial charge in [0.2, 0.25) is 5.91 Å². The number of aromatic nitrogens is 2. The molecule has 1 aromatic heterocycles. The van der Waals surface area contributed by atoms with E-state index in [0.29, 0.717) is 26.0 Å². The Morgan fingerprint density at radius 2 is 1.65 bits per heavy atom. The van der Waals surface area contributed by atoms with Crippen molar-refractivity contribution in [1.82, 2.24) is 14.9 Å². The number of nitrogens with zero attached hydrogens (tertiary/aromatic N) is 2. The molecule has 0 fully saturated rings. The maximum Gasteiger partial charge on any atom is 0.224 e. The van der Waals surface area contributed by atoms with Gasteiger partial charge in [-0.3, -0.25) is 4.79 Å². The van der Waals surface area contributed by atoms with Crippen LogP contribution in [0.2, 0.25) is 0 Å². The van der Waals surface area contributed by atoms with E-state index in [1.807, 2.05) is 42.5 Å². The number of para-hydroxylation sites is 3. The molecule has 4 aromatic rings. The van der Waals surface area contributed by atoms with Gasteiger partial charge in [-0.2, -0.15) is 0 Å². The molecule has 1 N–H and O–H groups in total. The summed E-state index contributed by atoms with van der Waals surface area (Å²) < 4.78 is 8.36. The smallest absolute Gasteiger partial charge is 0.224 e. The van der Waals surface area contributed by atoms with Crippen LogP contribution < -0.4 is 10.1 Å². The van der Waals surface area contributed by atoms with E-state index in [0.717, 1.165) is 47.6 Å². The zero-order valence-corrected chi connectivity index (χ0v) is 20.1. The third kappa shape index (κ3) is 6.04. The van der Waals surface area contributed by atoms with Crippen LogP contribution in [0.3, 0.4) is 0 Å². The summed E-state index contributed by atoms with van der Waals surface area (Å²) in [4.78, 5) is 17.2. The summed E-state index contributed by atoms with van der Waals surface area (Å²) in [5.41, 5.74) is 5.52. The van der Waals surface area contributed by atoms with Gasteiger partial charge in [0.1, 0.15) is 11.6 Å². The van der Waals surface area contributed by atoms with Crippen LogP contribution in [0.4, 0.5) is 0 Å². The minimum atomic E-state index is 0.0394. The molecule has 0 bridgehead atoms. The second-order valence-corrected chi connectivity index (χ2v) is 8.71. The minimum Gasteiger partial charge on any atom is -0.493 e. The summed E-state index contributed by atoms with van der Waals surface area (Å²) in [7, 11) is 0. The van der Waals surface area contributed by atoms with Crippen molar-refractivity contribution < 1.29 is 9.53 Å². The van der Waals surface area contributed by atoms with E-state index in [9.17, 15) is 4.79 Å². The molecule has 0 spiro atoms. The topological polar surface area (TPSA) is 56.1 Å². The van der Waals surface area contributed by atoms with Gasteiger partial charge >= 0.3 is 0 Å². The second kappa shape index (κ2) is 11.5. The summed E-state index contributed by atoms with van der Waals surface area (Å²) in [5.74, 6) is 2.05. The molecule has 5 nitrogen and oxygen atoms in total. The Bertz CT molecular complexity index is 1210. The van der Waals surface area contributed by atoms with E-state index in [1.165, 1.54) is 11.1 Å². The third-order valence-electron chi connectivity index (χ3n) is 6.04. The first-order valence-electron chi connectivity index (χ1n) is 12.1. The molecule has 176 valence electrons. The van der Waals surface area contributed by atoms with Crippen LogP contribution >= 0.6 is 0 Å². The summed E-state index contributed by atoms with van der Waals surface area (Å²) >= 11 is 0. The Morgan fingerprint density at radius 1 is 0.912 bits per heavy atom. The number of amides is 1. The Hall–Kier alpha value is -3.60. The van der Waals surface area contributed by atoms with Gasteiger partial charge in [0.15, 0.2) is 0 Å². The SMILES string of the molecule is Cc1cccc(C)c1OCCCCn1c(CCNC(=O)Cc2ccccc2)nc2ccccc21. The largest absolute Gasteiger partial charge is 0.493 e. The molecule has 0 radical (unpaired) electrons. The van der Waals surface area contributed by atoms with Crippen LogP contribution in [0.5, 0.6) is 5.75 Å². The number of imidazole rings is 1. The Balaban J connectivity index is 1.31. The summed E-state index contributed by atoms with van der Waals surface area (Å²) in [6.07, 6.45) is 3.07. The number of unbranched alkanes of at least 4 members (excludes halogenated alkanes) is 1. The van der Waals surface area contributed by atoms with Gasteiger partial charge in [-0.25, -0.2) is 4.98 Å². The lowest BCUT2D eigenvalue weighted by Gasteiger charge is -2.13. The first-order chi connectivity index (χ1) is 16.6. The van der Waals surface area contributed by atoms with Crippen LogP contribution in [-0.2, 0) is 24.2 Å². The number of hydrogen-bond donors (Lipinski definition) is 1. The number of fused-ring (bicyclic) bond motifs is 1. The fraction of sp³-hybridized carbons (Fsp3) is 0.310. The number of carbonyl (C=O) groups excluding carboxylic acids is 1. The fourth-order valence-corrected chi connectivity index (χ4v) is 4.30. The molecular weight excluding hydrogens is 422 g/mol. The normalized spacial score (nSPS) is 11.0. The number of nitrogens with one attached hydrogen (secondary N) is 1. The molecule has 0 unspecified atom stereocenters.